The highest BCUT2D eigenvalue weighted by molar-refractivity contribution is 5.46. The second kappa shape index (κ2) is 6.65. The fourth-order valence-corrected chi connectivity index (χ4v) is 1.84. The van der Waals surface area contributed by atoms with Crippen LogP contribution in [0.2, 0.25) is 0 Å². The van der Waals surface area contributed by atoms with Crippen molar-refractivity contribution in [1.29, 1.82) is 0 Å². The Morgan fingerprint density at radius 1 is 1.12 bits per heavy atom. The highest BCUT2D eigenvalue weighted by Gasteiger charge is 2.03. The van der Waals surface area contributed by atoms with Gasteiger partial charge in [-0.3, -0.25) is 0 Å². The highest BCUT2D eigenvalue weighted by atomic mass is 15.1. The first-order valence-electron chi connectivity index (χ1n) is 6.54. The van der Waals surface area contributed by atoms with Gasteiger partial charge >= 0.3 is 0 Å². The summed E-state index contributed by atoms with van der Waals surface area (Å²) in [5, 5.41) is 0. The monoisotopic (exact) mass is 234 g/mol. The molecule has 1 aromatic carbocycles. The van der Waals surface area contributed by atoms with Gasteiger partial charge in [-0.2, -0.15) is 0 Å². The summed E-state index contributed by atoms with van der Waals surface area (Å²) < 4.78 is 0. The van der Waals surface area contributed by atoms with Crippen molar-refractivity contribution >= 4 is 5.69 Å². The van der Waals surface area contributed by atoms with Gasteiger partial charge in [0.1, 0.15) is 0 Å². The summed E-state index contributed by atoms with van der Waals surface area (Å²) in [5.74, 6) is 0.759. The van der Waals surface area contributed by atoms with Crippen molar-refractivity contribution in [2.45, 2.75) is 39.7 Å². The highest BCUT2D eigenvalue weighted by Crippen LogP contribution is 2.15. The SMILES string of the molecule is CC(C)CCN(C)c1ccc(CC(C)N)cc1. The first-order chi connectivity index (χ1) is 7.99. The van der Waals surface area contributed by atoms with Crippen molar-refractivity contribution in [2.75, 3.05) is 18.5 Å². The molecule has 0 heterocycles. The van der Waals surface area contributed by atoms with Crippen LogP contribution in [0.25, 0.3) is 0 Å². The smallest absolute Gasteiger partial charge is 0.0363 e. The van der Waals surface area contributed by atoms with E-state index in [1.54, 1.807) is 0 Å². The van der Waals surface area contributed by atoms with E-state index in [-0.39, 0.29) is 6.04 Å². The minimum absolute atomic E-state index is 0.236. The molecule has 0 aromatic heterocycles. The van der Waals surface area contributed by atoms with Crippen LogP contribution < -0.4 is 10.6 Å². The molecule has 1 unspecified atom stereocenters. The molecule has 0 amide bonds. The average molecular weight is 234 g/mol. The van der Waals surface area contributed by atoms with Gasteiger partial charge in [0, 0.05) is 25.3 Å². The first-order valence-corrected chi connectivity index (χ1v) is 6.54. The lowest BCUT2D eigenvalue weighted by Crippen LogP contribution is -2.20. The topological polar surface area (TPSA) is 29.3 Å². The van der Waals surface area contributed by atoms with Crippen LogP contribution in [0.5, 0.6) is 0 Å². The van der Waals surface area contributed by atoms with Crippen molar-refractivity contribution in [1.82, 2.24) is 0 Å². The summed E-state index contributed by atoms with van der Waals surface area (Å²) in [5.41, 5.74) is 8.40. The van der Waals surface area contributed by atoms with E-state index >= 15 is 0 Å². The van der Waals surface area contributed by atoms with Gasteiger partial charge in [-0.15, -0.1) is 0 Å². The molecule has 0 aliphatic rings. The maximum atomic E-state index is 5.79. The molecule has 2 N–H and O–H groups in total. The second-order valence-corrected chi connectivity index (χ2v) is 5.45. The normalized spacial score (nSPS) is 12.8. The number of benzene rings is 1. The van der Waals surface area contributed by atoms with Gasteiger partial charge in [0.05, 0.1) is 0 Å². The van der Waals surface area contributed by atoms with E-state index < -0.39 is 0 Å². The molecular formula is C15H26N2. The Labute approximate surface area is 106 Å². The molecule has 96 valence electrons. The van der Waals surface area contributed by atoms with Crippen molar-refractivity contribution < 1.29 is 0 Å². The Bertz CT molecular complexity index is 314. The molecule has 1 aromatic rings. The van der Waals surface area contributed by atoms with E-state index in [1.165, 1.54) is 17.7 Å². The molecule has 0 saturated heterocycles. The molecule has 0 saturated carbocycles. The van der Waals surface area contributed by atoms with Crippen molar-refractivity contribution in [3.63, 3.8) is 0 Å². The number of nitrogens with two attached hydrogens (primary N) is 1. The number of hydrogen-bond acceptors (Lipinski definition) is 2. The summed E-state index contributed by atoms with van der Waals surface area (Å²) >= 11 is 0. The van der Waals surface area contributed by atoms with E-state index in [0.717, 1.165) is 18.9 Å². The van der Waals surface area contributed by atoms with Crippen molar-refractivity contribution in [3.8, 4) is 0 Å². The van der Waals surface area contributed by atoms with Crippen LogP contribution in [0, 0.1) is 5.92 Å². The molecule has 0 spiro atoms. The zero-order valence-corrected chi connectivity index (χ0v) is 11.6. The van der Waals surface area contributed by atoms with E-state index in [2.05, 4.69) is 50.1 Å². The standard InChI is InChI=1S/C15H26N2/c1-12(2)9-10-17(4)15-7-5-14(6-8-15)11-13(3)16/h5-8,12-13H,9-11,16H2,1-4H3. The van der Waals surface area contributed by atoms with Crippen LogP contribution in [-0.4, -0.2) is 19.6 Å². The van der Waals surface area contributed by atoms with Crippen LogP contribution in [-0.2, 0) is 6.42 Å². The lowest BCUT2D eigenvalue weighted by molar-refractivity contribution is 0.585. The number of hydrogen-bond donors (Lipinski definition) is 1. The lowest BCUT2D eigenvalue weighted by Gasteiger charge is -2.20. The summed E-state index contributed by atoms with van der Waals surface area (Å²) in [7, 11) is 2.16. The van der Waals surface area contributed by atoms with E-state index in [4.69, 9.17) is 5.73 Å². The average Bonchev–Trinajstić information content (AvgIpc) is 2.26. The Balaban J connectivity index is 2.54. The third-order valence-corrected chi connectivity index (χ3v) is 2.98. The minimum atomic E-state index is 0.236. The fraction of sp³-hybridized carbons (Fsp3) is 0.600. The van der Waals surface area contributed by atoms with Crippen LogP contribution in [0.15, 0.2) is 24.3 Å². The Kier molecular flexibility index (Phi) is 5.49. The maximum absolute atomic E-state index is 5.79. The number of rotatable bonds is 6. The molecular weight excluding hydrogens is 208 g/mol. The summed E-state index contributed by atoms with van der Waals surface area (Å²) in [6, 6.07) is 8.99. The molecule has 0 fully saturated rings. The van der Waals surface area contributed by atoms with Gasteiger partial charge in [-0.05, 0) is 43.4 Å². The predicted octanol–water partition coefficient (Wildman–Crippen LogP) is 3.06. The van der Waals surface area contributed by atoms with Gasteiger partial charge in [-0.25, -0.2) is 0 Å². The zero-order chi connectivity index (χ0) is 12.8. The summed E-state index contributed by atoms with van der Waals surface area (Å²) in [6.45, 7) is 7.69. The molecule has 0 bridgehead atoms. The first kappa shape index (κ1) is 14.0. The van der Waals surface area contributed by atoms with Gasteiger partial charge in [0.2, 0.25) is 0 Å². The van der Waals surface area contributed by atoms with E-state index in [1.807, 2.05) is 6.92 Å². The molecule has 0 aliphatic carbocycles. The molecule has 0 aliphatic heterocycles. The van der Waals surface area contributed by atoms with Crippen LogP contribution >= 0.6 is 0 Å². The summed E-state index contributed by atoms with van der Waals surface area (Å²) in [6.07, 6.45) is 2.19. The van der Waals surface area contributed by atoms with E-state index in [9.17, 15) is 0 Å². The molecule has 1 rings (SSSR count). The van der Waals surface area contributed by atoms with Gasteiger partial charge < -0.3 is 10.6 Å². The second-order valence-electron chi connectivity index (χ2n) is 5.45. The Hall–Kier alpha value is -1.02. The largest absolute Gasteiger partial charge is 0.375 e. The van der Waals surface area contributed by atoms with Gasteiger partial charge in [-0.1, -0.05) is 26.0 Å². The molecule has 0 radical (unpaired) electrons. The van der Waals surface area contributed by atoms with Crippen LogP contribution in [0.3, 0.4) is 0 Å². The molecule has 2 nitrogen and oxygen atoms in total. The molecule has 1 atom stereocenters. The number of nitrogens with zero attached hydrogens (tertiary/aromatic N) is 1. The molecule has 17 heavy (non-hydrogen) atoms. The Morgan fingerprint density at radius 2 is 1.71 bits per heavy atom. The zero-order valence-electron chi connectivity index (χ0n) is 11.6. The van der Waals surface area contributed by atoms with Gasteiger partial charge in [0.25, 0.3) is 0 Å². The van der Waals surface area contributed by atoms with Crippen LogP contribution in [0.4, 0.5) is 5.69 Å². The Morgan fingerprint density at radius 3 is 2.18 bits per heavy atom. The molecule has 2 heteroatoms. The maximum Gasteiger partial charge on any atom is 0.0363 e. The van der Waals surface area contributed by atoms with Gasteiger partial charge in [0.15, 0.2) is 0 Å². The third kappa shape index (κ3) is 5.22. The summed E-state index contributed by atoms with van der Waals surface area (Å²) in [4.78, 5) is 2.32. The predicted molar refractivity (Wildman–Crippen MR) is 76.5 cm³/mol. The van der Waals surface area contributed by atoms with Crippen molar-refractivity contribution in [3.05, 3.63) is 29.8 Å². The lowest BCUT2D eigenvalue weighted by atomic mass is 10.1. The minimum Gasteiger partial charge on any atom is -0.375 e. The number of anilines is 1. The third-order valence-electron chi connectivity index (χ3n) is 2.98. The fourth-order valence-electron chi connectivity index (χ4n) is 1.84. The van der Waals surface area contributed by atoms with E-state index in [0.29, 0.717) is 0 Å². The quantitative estimate of drug-likeness (QED) is 0.819. The van der Waals surface area contributed by atoms with Crippen molar-refractivity contribution in [2.24, 2.45) is 11.7 Å². The van der Waals surface area contributed by atoms with Crippen LogP contribution in [0.1, 0.15) is 32.8 Å².